The average Bonchev–Trinajstić information content (AvgIpc) is 2.84. The van der Waals surface area contributed by atoms with Crippen LogP contribution in [0.3, 0.4) is 0 Å². The Morgan fingerprint density at radius 1 is 1.47 bits per heavy atom. The Labute approximate surface area is 103 Å². The van der Waals surface area contributed by atoms with Crippen LogP contribution in [0.2, 0.25) is 0 Å². The second-order valence-electron chi connectivity index (χ2n) is 6.45. The first kappa shape index (κ1) is 11.1. The fourth-order valence-electron chi connectivity index (χ4n) is 4.17. The van der Waals surface area contributed by atoms with Gasteiger partial charge < -0.3 is 4.74 Å². The predicted molar refractivity (Wildman–Crippen MR) is 66.0 cm³/mol. The zero-order valence-corrected chi connectivity index (χ0v) is 10.8. The maximum absolute atomic E-state index is 12.0. The Balaban J connectivity index is 2.04. The number of esters is 1. The number of hydrogen-bond donors (Lipinski definition) is 0. The number of fused-ring (bicyclic) bond motifs is 3. The summed E-state index contributed by atoms with van der Waals surface area (Å²) in [6.45, 7) is 10.9. The molecule has 1 heterocycles. The summed E-state index contributed by atoms with van der Waals surface area (Å²) < 4.78 is 5.16. The molecule has 92 valence electrons. The van der Waals surface area contributed by atoms with E-state index in [1.807, 2.05) is 0 Å². The molecule has 2 nitrogen and oxygen atoms in total. The zero-order chi connectivity index (χ0) is 12.4. The van der Waals surface area contributed by atoms with Crippen LogP contribution < -0.4 is 0 Å². The van der Waals surface area contributed by atoms with Crippen molar-refractivity contribution in [1.29, 1.82) is 0 Å². The van der Waals surface area contributed by atoms with Gasteiger partial charge >= 0.3 is 5.97 Å². The van der Waals surface area contributed by atoms with Crippen molar-refractivity contribution in [3.8, 4) is 0 Å². The first-order valence-electron chi connectivity index (χ1n) is 6.49. The molecule has 0 bridgehead atoms. The highest BCUT2D eigenvalue weighted by molar-refractivity contribution is 5.78. The average molecular weight is 232 g/mol. The van der Waals surface area contributed by atoms with Gasteiger partial charge in [-0.15, -0.1) is 0 Å². The lowest BCUT2D eigenvalue weighted by Crippen LogP contribution is -2.32. The normalized spacial score (nSPS) is 42.9. The molecule has 1 aliphatic heterocycles. The van der Waals surface area contributed by atoms with Crippen molar-refractivity contribution in [3.63, 3.8) is 0 Å². The Kier molecular flexibility index (Phi) is 2.11. The van der Waals surface area contributed by atoms with E-state index in [-0.39, 0.29) is 11.9 Å². The summed E-state index contributed by atoms with van der Waals surface area (Å²) in [6.07, 6.45) is 3.83. The molecular formula is C15H20O2. The van der Waals surface area contributed by atoms with E-state index in [2.05, 4.69) is 27.4 Å². The quantitative estimate of drug-likeness (QED) is 0.473. The van der Waals surface area contributed by atoms with Crippen molar-refractivity contribution < 1.29 is 9.53 Å². The highest BCUT2D eigenvalue weighted by Gasteiger charge is 2.64. The third-order valence-corrected chi connectivity index (χ3v) is 5.24. The van der Waals surface area contributed by atoms with E-state index in [1.165, 1.54) is 12.0 Å². The summed E-state index contributed by atoms with van der Waals surface area (Å²) in [6, 6.07) is 0. The van der Waals surface area contributed by atoms with Crippen molar-refractivity contribution >= 4 is 5.97 Å². The van der Waals surface area contributed by atoms with Crippen LogP contribution in [0.4, 0.5) is 0 Å². The molecule has 17 heavy (non-hydrogen) atoms. The van der Waals surface area contributed by atoms with E-state index < -0.39 is 0 Å². The predicted octanol–water partition coefficient (Wildman–Crippen LogP) is 3.30. The standard InChI is InChI=1S/C15H20O2/c1-8-5-6-10-13(15(10,3)4)11-9(2)7-17-14(16)12(8)11/h7,10-13H,1,5-6H2,2-4H3/t10-,11-,12-,13-/m0/s1. The van der Waals surface area contributed by atoms with E-state index >= 15 is 0 Å². The molecule has 2 saturated carbocycles. The van der Waals surface area contributed by atoms with Crippen LogP contribution >= 0.6 is 0 Å². The van der Waals surface area contributed by atoms with Crippen LogP contribution in [0.25, 0.3) is 0 Å². The molecular weight excluding hydrogens is 212 g/mol. The first-order valence-corrected chi connectivity index (χ1v) is 6.49. The molecule has 2 aliphatic carbocycles. The van der Waals surface area contributed by atoms with Crippen LogP contribution in [0.15, 0.2) is 24.0 Å². The second kappa shape index (κ2) is 3.24. The minimum absolute atomic E-state index is 0.0863. The number of cyclic esters (lactones) is 1. The lowest BCUT2D eigenvalue weighted by atomic mass is 9.76. The Morgan fingerprint density at radius 3 is 2.88 bits per heavy atom. The molecule has 0 aromatic rings. The number of ether oxygens (including phenoxy) is 1. The van der Waals surface area contributed by atoms with Gasteiger partial charge in [0.05, 0.1) is 12.2 Å². The molecule has 0 amide bonds. The van der Waals surface area contributed by atoms with Gasteiger partial charge in [0.25, 0.3) is 0 Å². The fourth-order valence-corrected chi connectivity index (χ4v) is 4.17. The van der Waals surface area contributed by atoms with Crippen molar-refractivity contribution in [2.75, 3.05) is 0 Å². The highest BCUT2D eigenvalue weighted by Crippen LogP contribution is 2.68. The Hall–Kier alpha value is -1.05. The van der Waals surface area contributed by atoms with Crippen LogP contribution in [-0.2, 0) is 9.53 Å². The maximum atomic E-state index is 12.0. The fraction of sp³-hybridized carbons (Fsp3) is 0.667. The van der Waals surface area contributed by atoms with Gasteiger partial charge in [-0.25, -0.2) is 0 Å². The number of allylic oxidation sites excluding steroid dienone is 1. The number of carbonyl (C=O) groups excluding carboxylic acids is 1. The molecule has 3 aliphatic rings. The van der Waals surface area contributed by atoms with Gasteiger partial charge in [0.2, 0.25) is 0 Å². The van der Waals surface area contributed by atoms with Gasteiger partial charge in [-0.05, 0) is 42.6 Å². The summed E-state index contributed by atoms with van der Waals surface area (Å²) >= 11 is 0. The van der Waals surface area contributed by atoms with Crippen molar-refractivity contribution in [2.24, 2.45) is 29.1 Å². The van der Waals surface area contributed by atoms with E-state index in [9.17, 15) is 4.79 Å². The molecule has 0 aromatic heterocycles. The minimum Gasteiger partial charge on any atom is -0.434 e. The minimum atomic E-state index is -0.0889. The van der Waals surface area contributed by atoms with Gasteiger partial charge in [0.15, 0.2) is 0 Å². The number of hydrogen-bond acceptors (Lipinski definition) is 2. The molecule has 0 saturated heterocycles. The summed E-state index contributed by atoms with van der Waals surface area (Å²) in [5, 5.41) is 0. The molecule has 3 rings (SSSR count). The molecule has 0 aromatic carbocycles. The summed E-state index contributed by atoms with van der Waals surface area (Å²) in [7, 11) is 0. The SMILES string of the molecule is C=C1CC[C@H]2[C@@H]([C@H]3C(C)=COC(=O)[C@@H]13)C2(C)C. The lowest BCUT2D eigenvalue weighted by molar-refractivity contribution is -0.144. The Bertz CT molecular complexity index is 430. The molecule has 2 heteroatoms. The molecule has 0 spiro atoms. The van der Waals surface area contributed by atoms with Crippen molar-refractivity contribution in [2.45, 2.75) is 33.6 Å². The molecule has 0 N–H and O–H groups in total. The van der Waals surface area contributed by atoms with E-state index in [0.717, 1.165) is 17.9 Å². The van der Waals surface area contributed by atoms with E-state index in [1.54, 1.807) is 6.26 Å². The Morgan fingerprint density at radius 2 is 2.18 bits per heavy atom. The van der Waals surface area contributed by atoms with E-state index in [4.69, 9.17) is 4.74 Å². The third-order valence-electron chi connectivity index (χ3n) is 5.24. The number of carbonyl (C=O) groups is 1. The van der Waals surface area contributed by atoms with Crippen LogP contribution in [-0.4, -0.2) is 5.97 Å². The van der Waals surface area contributed by atoms with Crippen LogP contribution in [0, 0.1) is 29.1 Å². The van der Waals surface area contributed by atoms with Gasteiger partial charge in [0, 0.05) is 5.92 Å². The number of rotatable bonds is 0. The molecule has 4 atom stereocenters. The summed E-state index contributed by atoms with van der Waals surface area (Å²) in [5.41, 5.74) is 2.68. The van der Waals surface area contributed by atoms with Crippen molar-refractivity contribution in [3.05, 3.63) is 24.0 Å². The maximum Gasteiger partial charge on any atom is 0.318 e. The second-order valence-corrected chi connectivity index (χ2v) is 6.45. The highest BCUT2D eigenvalue weighted by atomic mass is 16.5. The van der Waals surface area contributed by atoms with Gasteiger partial charge in [-0.1, -0.05) is 26.0 Å². The molecule has 2 fully saturated rings. The third kappa shape index (κ3) is 1.36. The van der Waals surface area contributed by atoms with E-state index in [0.29, 0.717) is 17.3 Å². The lowest BCUT2D eigenvalue weighted by Gasteiger charge is -2.31. The van der Waals surface area contributed by atoms with Gasteiger partial charge in [-0.2, -0.15) is 0 Å². The monoisotopic (exact) mass is 232 g/mol. The topological polar surface area (TPSA) is 26.3 Å². The van der Waals surface area contributed by atoms with Crippen molar-refractivity contribution in [1.82, 2.24) is 0 Å². The molecule has 0 radical (unpaired) electrons. The summed E-state index contributed by atoms with van der Waals surface area (Å²) in [4.78, 5) is 12.0. The van der Waals surface area contributed by atoms with Gasteiger partial charge in [0.1, 0.15) is 0 Å². The smallest absolute Gasteiger partial charge is 0.318 e. The largest absolute Gasteiger partial charge is 0.434 e. The molecule has 0 unspecified atom stereocenters. The zero-order valence-electron chi connectivity index (χ0n) is 10.8. The van der Waals surface area contributed by atoms with Crippen LogP contribution in [0.1, 0.15) is 33.6 Å². The van der Waals surface area contributed by atoms with Crippen LogP contribution in [0.5, 0.6) is 0 Å². The first-order chi connectivity index (χ1) is 7.94. The summed E-state index contributed by atoms with van der Waals surface area (Å²) in [5.74, 6) is 1.55. The van der Waals surface area contributed by atoms with Gasteiger partial charge in [-0.3, -0.25) is 4.79 Å².